The largest absolute Gasteiger partial charge is 0.326 e. The molecule has 2 N–H and O–H groups in total. The highest BCUT2D eigenvalue weighted by Gasteiger charge is 2.44. The lowest BCUT2D eigenvalue weighted by Crippen LogP contribution is -2.15. The summed E-state index contributed by atoms with van der Waals surface area (Å²) in [4.78, 5) is 12.3. The van der Waals surface area contributed by atoms with Gasteiger partial charge in [0.15, 0.2) is 11.6 Å². The molecule has 5 heteroatoms. The van der Waals surface area contributed by atoms with Crippen LogP contribution in [0, 0.1) is 17.6 Å². The lowest BCUT2D eigenvalue weighted by Gasteiger charge is -2.07. The Kier molecular flexibility index (Phi) is 4.39. The zero-order valence-electron chi connectivity index (χ0n) is 12.8. The van der Waals surface area contributed by atoms with Gasteiger partial charge in [0.2, 0.25) is 5.91 Å². The minimum Gasteiger partial charge on any atom is -0.326 e. The molecule has 1 aliphatic carbocycles. The maximum atomic E-state index is 13.3. The Balaban J connectivity index is 1.64. The van der Waals surface area contributed by atoms with Crippen molar-refractivity contribution in [1.29, 1.82) is 0 Å². The Labute approximate surface area is 133 Å². The highest BCUT2D eigenvalue weighted by Crippen LogP contribution is 2.48. The van der Waals surface area contributed by atoms with Gasteiger partial charge in [-0.2, -0.15) is 0 Å². The SMILES string of the molecule is CNCc1cccc(NC(=O)[C@H]2C[C@H]2c2ccc(F)c(F)c2)c1. The molecule has 0 spiro atoms. The Morgan fingerprint density at radius 2 is 2.00 bits per heavy atom. The molecule has 2 aromatic rings. The van der Waals surface area contributed by atoms with Crippen LogP contribution >= 0.6 is 0 Å². The number of amides is 1. The Hall–Kier alpha value is -2.27. The number of rotatable bonds is 5. The number of carbonyl (C=O) groups is 1. The van der Waals surface area contributed by atoms with Crippen molar-refractivity contribution < 1.29 is 13.6 Å². The zero-order chi connectivity index (χ0) is 16.4. The summed E-state index contributed by atoms with van der Waals surface area (Å²) in [5, 5.41) is 5.95. The van der Waals surface area contributed by atoms with E-state index in [1.165, 1.54) is 6.07 Å². The smallest absolute Gasteiger partial charge is 0.228 e. The highest BCUT2D eigenvalue weighted by atomic mass is 19.2. The normalized spacial score (nSPS) is 19.4. The molecule has 120 valence electrons. The Morgan fingerprint density at radius 3 is 2.74 bits per heavy atom. The Morgan fingerprint density at radius 1 is 1.17 bits per heavy atom. The van der Waals surface area contributed by atoms with Crippen LogP contribution in [0.4, 0.5) is 14.5 Å². The average Bonchev–Trinajstić information content (AvgIpc) is 3.31. The van der Waals surface area contributed by atoms with Gasteiger partial charge in [-0.05, 0) is 54.8 Å². The summed E-state index contributed by atoms with van der Waals surface area (Å²) in [6.45, 7) is 0.727. The van der Waals surface area contributed by atoms with E-state index in [0.717, 1.165) is 23.9 Å². The van der Waals surface area contributed by atoms with E-state index in [9.17, 15) is 13.6 Å². The van der Waals surface area contributed by atoms with Crippen molar-refractivity contribution in [2.45, 2.75) is 18.9 Å². The zero-order valence-corrected chi connectivity index (χ0v) is 12.8. The van der Waals surface area contributed by atoms with E-state index < -0.39 is 11.6 Å². The van der Waals surface area contributed by atoms with Crippen LogP contribution in [0.15, 0.2) is 42.5 Å². The molecule has 0 aromatic heterocycles. The number of benzene rings is 2. The van der Waals surface area contributed by atoms with Gasteiger partial charge < -0.3 is 10.6 Å². The summed E-state index contributed by atoms with van der Waals surface area (Å²) in [5.74, 6) is -2.04. The molecule has 0 aliphatic heterocycles. The predicted octanol–water partition coefficient (Wildman–Crippen LogP) is 3.43. The molecule has 3 nitrogen and oxygen atoms in total. The van der Waals surface area contributed by atoms with E-state index in [1.807, 2.05) is 31.3 Å². The molecule has 0 heterocycles. The number of nitrogens with one attached hydrogen (secondary N) is 2. The summed E-state index contributed by atoms with van der Waals surface area (Å²) in [6, 6.07) is 11.5. The molecular formula is C18H18F2N2O. The molecule has 2 aromatic carbocycles. The van der Waals surface area contributed by atoms with Gasteiger partial charge in [0.1, 0.15) is 0 Å². The van der Waals surface area contributed by atoms with Crippen LogP contribution in [-0.4, -0.2) is 13.0 Å². The van der Waals surface area contributed by atoms with Gasteiger partial charge >= 0.3 is 0 Å². The molecule has 1 fully saturated rings. The molecule has 1 saturated carbocycles. The second-order valence-corrected chi connectivity index (χ2v) is 5.84. The van der Waals surface area contributed by atoms with Gasteiger partial charge in [-0.15, -0.1) is 0 Å². The number of halogens is 2. The maximum absolute atomic E-state index is 13.3. The van der Waals surface area contributed by atoms with Crippen LogP contribution in [0.5, 0.6) is 0 Å². The number of anilines is 1. The molecule has 1 aliphatic rings. The monoisotopic (exact) mass is 316 g/mol. The van der Waals surface area contributed by atoms with Gasteiger partial charge in [0, 0.05) is 18.2 Å². The first-order valence-electron chi connectivity index (χ1n) is 7.58. The summed E-state index contributed by atoms with van der Waals surface area (Å²) < 4.78 is 26.2. The van der Waals surface area contributed by atoms with Crippen LogP contribution in [0.3, 0.4) is 0 Å². The third-order valence-corrected chi connectivity index (χ3v) is 4.07. The third kappa shape index (κ3) is 3.56. The van der Waals surface area contributed by atoms with Crippen molar-refractivity contribution in [3.05, 3.63) is 65.2 Å². The van der Waals surface area contributed by atoms with Crippen molar-refractivity contribution in [1.82, 2.24) is 5.32 Å². The fourth-order valence-corrected chi connectivity index (χ4v) is 2.79. The molecule has 23 heavy (non-hydrogen) atoms. The summed E-state index contributed by atoms with van der Waals surface area (Å²) in [5.41, 5.74) is 2.50. The lowest BCUT2D eigenvalue weighted by atomic mass is 10.1. The van der Waals surface area contributed by atoms with Crippen molar-refractivity contribution in [2.75, 3.05) is 12.4 Å². The van der Waals surface area contributed by atoms with Crippen molar-refractivity contribution in [2.24, 2.45) is 5.92 Å². The van der Waals surface area contributed by atoms with E-state index in [0.29, 0.717) is 12.0 Å². The summed E-state index contributed by atoms with van der Waals surface area (Å²) in [6.07, 6.45) is 0.660. The molecular weight excluding hydrogens is 298 g/mol. The first-order valence-corrected chi connectivity index (χ1v) is 7.58. The lowest BCUT2D eigenvalue weighted by molar-refractivity contribution is -0.117. The van der Waals surface area contributed by atoms with Crippen LogP contribution in [-0.2, 0) is 11.3 Å². The minimum absolute atomic E-state index is 0.0365. The van der Waals surface area contributed by atoms with E-state index in [2.05, 4.69) is 10.6 Å². The predicted molar refractivity (Wildman–Crippen MR) is 85.0 cm³/mol. The Bertz CT molecular complexity index is 733. The van der Waals surface area contributed by atoms with E-state index in [1.54, 1.807) is 6.07 Å². The summed E-state index contributed by atoms with van der Waals surface area (Å²) >= 11 is 0. The number of hydrogen-bond acceptors (Lipinski definition) is 2. The van der Waals surface area contributed by atoms with E-state index in [-0.39, 0.29) is 17.7 Å². The molecule has 2 atom stereocenters. The minimum atomic E-state index is -0.867. The standard InChI is InChI=1S/C18H18F2N2O/c1-21-10-11-3-2-4-13(7-11)22-18(23)15-9-14(15)12-5-6-16(19)17(20)8-12/h2-8,14-15,21H,9-10H2,1H3,(H,22,23)/t14-,15-/m0/s1. The quantitative estimate of drug-likeness (QED) is 0.887. The number of hydrogen-bond donors (Lipinski definition) is 2. The van der Waals surface area contributed by atoms with Gasteiger partial charge in [-0.3, -0.25) is 4.79 Å². The molecule has 1 amide bonds. The van der Waals surface area contributed by atoms with Crippen molar-refractivity contribution in [3.8, 4) is 0 Å². The molecule has 0 bridgehead atoms. The second-order valence-electron chi connectivity index (χ2n) is 5.84. The molecule has 3 rings (SSSR count). The van der Waals surface area contributed by atoms with Crippen LogP contribution in [0.25, 0.3) is 0 Å². The number of carbonyl (C=O) groups excluding carboxylic acids is 1. The van der Waals surface area contributed by atoms with E-state index in [4.69, 9.17) is 0 Å². The topological polar surface area (TPSA) is 41.1 Å². The third-order valence-electron chi connectivity index (χ3n) is 4.07. The van der Waals surface area contributed by atoms with Crippen LogP contribution in [0.1, 0.15) is 23.5 Å². The van der Waals surface area contributed by atoms with Crippen LogP contribution < -0.4 is 10.6 Å². The van der Waals surface area contributed by atoms with Crippen molar-refractivity contribution >= 4 is 11.6 Å². The van der Waals surface area contributed by atoms with Gasteiger partial charge in [0.05, 0.1) is 0 Å². The van der Waals surface area contributed by atoms with Gasteiger partial charge in [0.25, 0.3) is 0 Å². The molecule has 0 radical (unpaired) electrons. The van der Waals surface area contributed by atoms with E-state index >= 15 is 0 Å². The average molecular weight is 316 g/mol. The molecule has 0 saturated heterocycles. The second kappa shape index (κ2) is 6.46. The van der Waals surface area contributed by atoms with Gasteiger partial charge in [-0.1, -0.05) is 18.2 Å². The first-order chi connectivity index (χ1) is 11.1. The van der Waals surface area contributed by atoms with Crippen molar-refractivity contribution in [3.63, 3.8) is 0 Å². The summed E-state index contributed by atoms with van der Waals surface area (Å²) in [7, 11) is 1.86. The fraction of sp³-hybridized carbons (Fsp3) is 0.278. The highest BCUT2D eigenvalue weighted by molar-refractivity contribution is 5.95. The van der Waals surface area contributed by atoms with Crippen LogP contribution in [0.2, 0.25) is 0 Å². The first kappa shape index (κ1) is 15.6. The fourth-order valence-electron chi connectivity index (χ4n) is 2.79. The van der Waals surface area contributed by atoms with Gasteiger partial charge in [-0.25, -0.2) is 8.78 Å². The maximum Gasteiger partial charge on any atom is 0.228 e. The molecule has 0 unspecified atom stereocenters.